The van der Waals surface area contributed by atoms with Crippen LogP contribution in [0.25, 0.3) is 21.8 Å². The highest BCUT2D eigenvalue weighted by Crippen LogP contribution is 2.37. The summed E-state index contributed by atoms with van der Waals surface area (Å²) in [6.45, 7) is -0.618. The number of hydrogen-bond donors (Lipinski definition) is 1. The molecular weight excluding hydrogens is 410 g/mol. The summed E-state index contributed by atoms with van der Waals surface area (Å²) >= 11 is 0. The second-order valence-electron chi connectivity index (χ2n) is 6.62. The Morgan fingerprint density at radius 3 is 2.40 bits per heavy atom. The van der Waals surface area contributed by atoms with Gasteiger partial charge in [0.05, 0.1) is 23.1 Å². The van der Waals surface area contributed by atoms with Crippen LogP contribution in [0.2, 0.25) is 0 Å². The van der Waals surface area contributed by atoms with Crippen molar-refractivity contribution in [3.05, 3.63) is 82.7 Å². The minimum absolute atomic E-state index is 0.00689. The molecule has 0 bridgehead atoms. The van der Waals surface area contributed by atoms with Gasteiger partial charge in [-0.3, -0.25) is 4.79 Å². The van der Waals surface area contributed by atoms with Crippen LogP contribution in [0.3, 0.4) is 0 Å². The molecule has 0 atom stereocenters. The maximum absolute atomic E-state index is 14.2. The van der Waals surface area contributed by atoms with E-state index in [9.17, 15) is 31.1 Å². The van der Waals surface area contributed by atoms with E-state index in [4.69, 9.17) is 5.73 Å². The van der Waals surface area contributed by atoms with Crippen molar-refractivity contribution in [2.24, 2.45) is 5.73 Å². The molecule has 1 heterocycles. The van der Waals surface area contributed by atoms with Gasteiger partial charge in [-0.1, -0.05) is 6.07 Å². The van der Waals surface area contributed by atoms with Gasteiger partial charge >= 0.3 is 6.18 Å². The summed E-state index contributed by atoms with van der Waals surface area (Å²) in [4.78, 5) is 11.9. The molecule has 0 unspecified atom stereocenters. The van der Waals surface area contributed by atoms with E-state index >= 15 is 0 Å². The van der Waals surface area contributed by atoms with E-state index in [1.54, 1.807) is 0 Å². The molecule has 0 saturated carbocycles. The van der Waals surface area contributed by atoms with Crippen molar-refractivity contribution in [1.29, 1.82) is 0 Å². The fourth-order valence-corrected chi connectivity index (χ4v) is 3.47. The van der Waals surface area contributed by atoms with Gasteiger partial charge in [0.15, 0.2) is 11.6 Å². The van der Waals surface area contributed by atoms with Crippen LogP contribution in [0, 0.1) is 23.5 Å². The van der Waals surface area contributed by atoms with Gasteiger partial charge in [-0.25, -0.2) is 13.2 Å². The summed E-state index contributed by atoms with van der Waals surface area (Å²) < 4.78 is 83.0. The van der Waals surface area contributed by atoms with Crippen LogP contribution in [0.4, 0.5) is 26.3 Å². The van der Waals surface area contributed by atoms with Gasteiger partial charge in [-0.15, -0.1) is 0 Å². The number of primary amides is 1. The standard InChI is InChI=1S/C21H11F6N2O/c22-14-6-7-15(23)19(24)13(14)9-29-16-3-1-2-12(20(28)30)18(16)11-5-4-10(8-17(11)29)21(25,26)27/h1-4,6-8H,9H2,(H2,28,30). The Labute approximate surface area is 165 Å². The van der Waals surface area contributed by atoms with Gasteiger partial charge in [0.2, 0.25) is 5.91 Å². The summed E-state index contributed by atoms with van der Waals surface area (Å²) in [7, 11) is 0. The molecule has 30 heavy (non-hydrogen) atoms. The van der Waals surface area contributed by atoms with E-state index in [0.29, 0.717) is 12.1 Å². The third-order valence-corrected chi connectivity index (χ3v) is 4.84. The maximum atomic E-state index is 14.2. The van der Waals surface area contributed by atoms with E-state index < -0.39 is 47.2 Å². The summed E-state index contributed by atoms with van der Waals surface area (Å²) in [5.41, 5.74) is 3.79. The van der Waals surface area contributed by atoms with Crippen LogP contribution in [0.1, 0.15) is 21.5 Å². The monoisotopic (exact) mass is 421 g/mol. The molecule has 153 valence electrons. The van der Waals surface area contributed by atoms with Crippen LogP contribution in [-0.4, -0.2) is 10.5 Å². The number of fused-ring (bicyclic) bond motifs is 3. The number of hydrogen-bond acceptors (Lipinski definition) is 1. The van der Waals surface area contributed by atoms with Crippen molar-refractivity contribution in [3.8, 4) is 0 Å². The number of carbonyl (C=O) groups excluding carboxylic acids is 1. The molecule has 4 aromatic rings. The number of rotatable bonds is 3. The molecule has 4 rings (SSSR count). The molecule has 1 amide bonds. The first-order chi connectivity index (χ1) is 14.1. The van der Waals surface area contributed by atoms with Crippen LogP contribution in [0.15, 0.2) is 42.5 Å². The molecule has 9 heteroatoms. The Morgan fingerprint density at radius 2 is 1.73 bits per heavy atom. The number of alkyl halides is 3. The van der Waals surface area contributed by atoms with Gasteiger partial charge in [0, 0.05) is 21.9 Å². The van der Waals surface area contributed by atoms with E-state index in [1.165, 1.54) is 22.8 Å². The summed E-state index contributed by atoms with van der Waals surface area (Å²) in [5, 5.41) is 0.301. The molecule has 0 fully saturated rings. The van der Waals surface area contributed by atoms with Gasteiger partial charge in [0.25, 0.3) is 0 Å². The molecule has 1 aromatic heterocycles. The number of nitrogens with zero attached hydrogens (tertiary/aromatic N) is 1. The van der Waals surface area contributed by atoms with Gasteiger partial charge in [0.1, 0.15) is 5.82 Å². The topological polar surface area (TPSA) is 48.0 Å². The van der Waals surface area contributed by atoms with Gasteiger partial charge in [-0.05, 0) is 42.5 Å². The highest BCUT2D eigenvalue weighted by atomic mass is 19.4. The number of carbonyl (C=O) groups is 1. The second-order valence-corrected chi connectivity index (χ2v) is 6.62. The number of amides is 1. The highest BCUT2D eigenvalue weighted by Gasteiger charge is 2.31. The maximum Gasteiger partial charge on any atom is 0.416 e. The molecular formula is C21H11F6N2O. The van der Waals surface area contributed by atoms with Gasteiger partial charge < -0.3 is 10.3 Å². The third-order valence-electron chi connectivity index (χ3n) is 4.84. The fraction of sp³-hybridized carbons (Fsp3) is 0.0952. The Hall–Kier alpha value is -3.49. The normalized spacial score (nSPS) is 12.1. The smallest absolute Gasteiger partial charge is 0.366 e. The molecule has 0 aliphatic heterocycles. The van der Waals surface area contributed by atoms with E-state index in [2.05, 4.69) is 6.07 Å². The van der Waals surface area contributed by atoms with Crippen LogP contribution < -0.4 is 5.73 Å². The van der Waals surface area contributed by atoms with Crippen molar-refractivity contribution in [3.63, 3.8) is 0 Å². The van der Waals surface area contributed by atoms with Crippen LogP contribution in [0.5, 0.6) is 0 Å². The number of aromatic nitrogens is 1. The predicted octanol–water partition coefficient (Wildman–Crippen LogP) is 5.18. The molecule has 3 aromatic carbocycles. The summed E-state index contributed by atoms with van der Waals surface area (Å²) in [5.74, 6) is -4.65. The second kappa shape index (κ2) is 6.79. The number of halogens is 6. The Balaban J connectivity index is 2.10. The molecule has 1 radical (unpaired) electrons. The average Bonchev–Trinajstić information content (AvgIpc) is 3.00. The van der Waals surface area contributed by atoms with Crippen molar-refractivity contribution in [2.45, 2.75) is 12.7 Å². The van der Waals surface area contributed by atoms with E-state index in [-0.39, 0.29) is 27.4 Å². The molecule has 0 aliphatic carbocycles. The average molecular weight is 421 g/mol. The summed E-state index contributed by atoms with van der Waals surface area (Å²) in [6.07, 6.45) is -4.70. The molecule has 0 spiro atoms. The largest absolute Gasteiger partial charge is 0.416 e. The zero-order valence-electron chi connectivity index (χ0n) is 14.9. The molecule has 3 nitrogen and oxygen atoms in total. The molecule has 2 N–H and O–H groups in total. The first kappa shape index (κ1) is 19.8. The number of benzene rings is 3. The van der Waals surface area contributed by atoms with Crippen LogP contribution >= 0.6 is 0 Å². The lowest BCUT2D eigenvalue weighted by atomic mass is 10.0. The van der Waals surface area contributed by atoms with Gasteiger partial charge in [-0.2, -0.15) is 13.2 Å². The quantitative estimate of drug-likeness (QED) is 0.360. The zero-order chi connectivity index (χ0) is 21.8. The SMILES string of the molecule is NC(=O)c1cccc2c1c1[c]cc(C(F)(F)F)cc1n2Cc1c(F)ccc(F)c1F. The van der Waals surface area contributed by atoms with Crippen molar-refractivity contribution < 1.29 is 31.1 Å². The Bertz CT molecular complexity index is 1320. The first-order valence-electron chi connectivity index (χ1n) is 8.55. The van der Waals surface area contributed by atoms with E-state index in [0.717, 1.165) is 12.1 Å². The van der Waals surface area contributed by atoms with E-state index in [1.807, 2.05) is 0 Å². The minimum atomic E-state index is -4.70. The lowest BCUT2D eigenvalue weighted by Gasteiger charge is -2.12. The zero-order valence-corrected chi connectivity index (χ0v) is 14.9. The van der Waals surface area contributed by atoms with Crippen LogP contribution in [-0.2, 0) is 12.7 Å². The van der Waals surface area contributed by atoms with Crippen molar-refractivity contribution in [2.75, 3.05) is 0 Å². The van der Waals surface area contributed by atoms with Crippen molar-refractivity contribution >= 4 is 27.7 Å². The highest BCUT2D eigenvalue weighted by molar-refractivity contribution is 6.17. The third kappa shape index (κ3) is 3.06. The van der Waals surface area contributed by atoms with Crippen molar-refractivity contribution in [1.82, 2.24) is 4.57 Å². The summed E-state index contributed by atoms with van der Waals surface area (Å²) in [6, 6.07) is 9.60. The molecule has 0 aliphatic rings. The first-order valence-corrected chi connectivity index (χ1v) is 8.55. The predicted molar refractivity (Wildman–Crippen MR) is 97.2 cm³/mol. The lowest BCUT2D eigenvalue weighted by Crippen LogP contribution is -2.11. The molecule has 0 saturated heterocycles. The number of nitrogens with two attached hydrogens (primary N) is 1. The Kier molecular flexibility index (Phi) is 4.48. The Morgan fingerprint density at radius 1 is 1.03 bits per heavy atom. The lowest BCUT2D eigenvalue weighted by molar-refractivity contribution is -0.137. The minimum Gasteiger partial charge on any atom is -0.366 e. The fourth-order valence-electron chi connectivity index (χ4n) is 3.47.